The SMILES string of the molecule is Cc1ccc(C(=O)NCC(=O)N2CCN(CC(=O)NCc3ccccc3)CC2)cc1C. The lowest BCUT2D eigenvalue weighted by molar-refractivity contribution is -0.132. The average Bonchev–Trinajstić information content (AvgIpc) is 2.79. The van der Waals surface area contributed by atoms with Gasteiger partial charge in [0.2, 0.25) is 11.8 Å². The van der Waals surface area contributed by atoms with Gasteiger partial charge in [0.1, 0.15) is 0 Å². The normalized spacial score (nSPS) is 14.2. The smallest absolute Gasteiger partial charge is 0.251 e. The minimum atomic E-state index is -0.245. The zero-order chi connectivity index (χ0) is 22.2. The second kappa shape index (κ2) is 10.7. The largest absolute Gasteiger partial charge is 0.351 e. The van der Waals surface area contributed by atoms with Crippen LogP contribution in [-0.2, 0) is 16.1 Å². The standard InChI is InChI=1S/C24H30N4O3/c1-18-8-9-21(14-19(18)2)24(31)26-16-23(30)28-12-10-27(11-13-28)17-22(29)25-15-20-6-4-3-5-7-20/h3-9,14H,10-13,15-17H2,1-2H3,(H,25,29)(H,26,31). The van der Waals surface area contributed by atoms with E-state index in [2.05, 4.69) is 10.6 Å². The van der Waals surface area contributed by atoms with E-state index in [4.69, 9.17) is 0 Å². The van der Waals surface area contributed by atoms with Crippen molar-refractivity contribution in [3.63, 3.8) is 0 Å². The highest BCUT2D eigenvalue weighted by Gasteiger charge is 2.22. The molecule has 0 unspecified atom stereocenters. The van der Waals surface area contributed by atoms with Crippen LogP contribution in [0, 0.1) is 13.8 Å². The minimum absolute atomic E-state index is 0.0238. The first-order chi connectivity index (χ1) is 14.9. The minimum Gasteiger partial charge on any atom is -0.351 e. The number of rotatable bonds is 7. The van der Waals surface area contributed by atoms with Gasteiger partial charge in [-0.05, 0) is 42.7 Å². The number of nitrogens with zero attached hydrogens (tertiary/aromatic N) is 2. The maximum absolute atomic E-state index is 12.5. The van der Waals surface area contributed by atoms with Crippen molar-refractivity contribution in [1.82, 2.24) is 20.4 Å². The van der Waals surface area contributed by atoms with E-state index in [-0.39, 0.29) is 24.3 Å². The van der Waals surface area contributed by atoms with Gasteiger partial charge in [-0.1, -0.05) is 36.4 Å². The first-order valence-corrected chi connectivity index (χ1v) is 10.6. The number of carbonyl (C=O) groups is 3. The number of carbonyl (C=O) groups excluding carboxylic acids is 3. The van der Waals surface area contributed by atoms with Gasteiger partial charge >= 0.3 is 0 Å². The molecule has 3 amide bonds. The third kappa shape index (κ3) is 6.65. The van der Waals surface area contributed by atoms with E-state index in [1.807, 2.05) is 61.2 Å². The van der Waals surface area contributed by atoms with Crippen molar-refractivity contribution in [3.05, 3.63) is 70.8 Å². The molecule has 3 rings (SSSR count). The van der Waals surface area contributed by atoms with Crippen LogP contribution in [0.5, 0.6) is 0 Å². The Morgan fingerprint density at radius 1 is 0.871 bits per heavy atom. The lowest BCUT2D eigenvalue weighted by Crippen LogP contribution is -2.52. The average molecular weight is 423 g/mol. The number of nitrogens with one attached hydrogen (secondary N) is 2. The molecule has 1 saturated heterocycles. The summed E-state index contributed by atoms with van der Waals surface area (Å²) in [7, 11) is 0. The van der Waals surface area contributed by atoms with E-state index < -0.39 is 0 Å². The fraction of sp³-hybridized carbons (Fsp3) is 0.375. The lowest BCUT2D eigenvalue weighted by Gasteiger charge is -2.34. The fourth-order valence-corrected chi connectivity index (χ4v) is 3.46. The molecule has 0 bridgehead atoms. The van der Waals surface area contributed by atoms with E-state index in [1.165, 1.54) is 0 Å². The molecule has 7 heteroatoms. The molecule has 31 heavy (non-hydrogen) atoms. The third-order valence-corrected chi connectivity index (χ3v) is 5.59. The summed E-state index contributed by atoms with van der Waals surface area (Å²) in [6.45, 7) is 7.12. The summed E-state index contributed by atoms with van der Waals surface area (Å²) in [5, 5.41) is 5.64. The van der Waals surface area contributed by atoms with Crippen LogP contribution in [0.3, 0.4) is 0 Å². The second-order valence-corrected chi connectivity index (χ2v) is 7.90. The highest BCUT2D eigenvalue weighted by molar-refractivity contribution is 5.96. The van der Waals surface area contributed by atoms with Crippen molar-refractivity contribution in [1.29, 1.82) is 0 Å². The first-order valence-electron chi connectivity index (χ1n) is 10.6. The molecule has 0 aromatic heterocycles. The molecule has 2 aromatic rings. The Bertz CT molecular complexity index is 922. The Balaban J connectivity index is 1.36. The van der Waals surface area contributed by atoms with Gasteiger partial charge in [0.15, 0.2) is 0 Å². The van der Waals surface area contributed by atoms with Gasteiger partial charge in [0.25, 0.3) is 5.91 Å². The number of amides is 3. The Hall–Kier alpha value is -3.19. The monoisotopic (exact) mass is 422 g/mol. The van der Waals surface area contributed by atoms with Crippen molar-refractivity contribution in [2.24, 2.45) is 0 Å². The Morgan fingerprint density at radius 2 is 1.58 bits per heavy atom. The van der Waals surface area contributed by atoms with Crippen LogP contribution in [0.4, 0.5) is 0 Å². The summed E-state index contributed by atoms with van der Waals surface area (Å²) in [6.07, 6.45) is 0. The molecule has 0 spiro atoms. The number of aryl methyl sites for hydroxylation is 2. The van der Waals surface area contributed by atoms with Crippen LogP contribution in [0.15, 0.2) is 48.5 Å². The summed E-state index contributed by atoms with van der Waals surface area (Å²) >= 11 is 0. The predicted octanol–water partition coefficient (Wildman–Crippen LogP) is 1.49. The van der Waals surface area contributed by atoms with Crippen molar-refractivity contribution in [2.45, 2.75) is 20.4 Å². The predicted molar refractivity (Wildman–Crippen MR) is 120 cm³/mol. The first kappa shape index (κ1) is 22.5. The Morgan fingerprint density at radius 3 is 2.26 bits per heavy atom. The quantitative estimate of drug-likeness (QED) is 0.709. The van der Waals surface area contributed by atoms with Gasteiger partial charge < -0.3 is 15.5 Å². The summed E-state index contributed by atoms with van der Waals surface area (Å²) in [5.41, 5.74) is 3.79. The van der Waals surface area contributed by atoms with Crippen LogP contribution in [-0.4, -0.2) is 66.8 Å². The van der Waals surface area contributed by atoms with Crippen molar-refractivity contribution in [3.8, 4) is 0 Å². The molecule has 0 atom stereocenters. The van der Waals surface area contributed by atoms with Crippen molar-refractivity contribution >= 4 is 17.7 Å². The number of piperazine rings is 1. The molecule has 1 aliphatic heterocycles. The summed E-state index contributed by atoms with van der Waals surface area (Å²) in [5.74, 6) is -0.375. The van der Waals surface area contributed by atoms with Gasteiger partial charge in [0.05, 0.1) is 13.1 Å². The molecule has 7 nitrogen and oxygen atoms in total. The molecule has 164 valence electrons. The number of hydrogen-bond donors (Lipinski definition) is 2. The van der Waals surface area contributed by atoms with Crippen LogP contribution >= 0.6 is 0 Å². The Kier molecular flexibility index (Phi) is 7.78. The Labute approximate surface area is 183 Å². The van der Waals surface area contributed by atoms with Crippen LogP contribution in [0.25, 0.3) is 0 Å². The van der Waals surface area contributed by atoms with Gasteiger partial charge in [0, 0.05) is 38.3 Å². The van der Waals surface area contributed by atoms with Gasteiger partial charge in [-0.3, -0.25) is 19.3 Å². The van der Waals surface area contributed by atoms with Gasteiger partial charge in [-0.15, -0.1) is 0 Å². The zero-order valence-electron chi connectivity index (χ0n) is 18.2. The highest BCUT2D eigenvalue weighted by atomic mass is 16.2. The fourth-order valence-electron chi connectivity index (χ4n) is 3.46. The zero-order valence-corrected chi connectivity index (χ0v) is 18.2. The molecule has 0 saturated carbocycles. The van der Waals surface area contributed by atoms with Gasteiger partial charge in [-0.25, -0.2) is 0 Å². The van der Waals surface area contributed by atoms with Crippen LogP contribution in [0.1, 0.15) is 27.0 Å². The van der Waals surface area contributed by atoms with Gasteiger partial charge in [-0.2, -0.15) is 0 Å². The van der Waals surface area contributed by atoms with Crippen LogP contribution in [0.2, 0.25) is 0 Å². The topological polar surface area (TPSA) is 81.8 Å². The lowest BCUT2D eigenvalue weighted by atomic mass is 10.1. The van der Waals surface area contributed by atoms with Crippen molar-refractivity contribution in [2.75, 3.05) is 39.3 Å². The number of benzene rings is 2. The second-order valence-electron chi connectivity index (χ2n) is 7.90. The van der Waals surface area contributed by atoms with Crippen LogP contribution < -0.4 is 10.6 Å². The van der Waals surface area contributed by atoms with E-state index >= 15 is 0 Å². The number of hydrogen-bond acceptors (Lipinski definition) is 4. The van der Waals surface area contributed by atoms with E-state index in [1.54, 1.807) is 11.0 Å². The van der Waals surface area contributed by atoms with E-state index in [9.17, 15) is 14.4 Å². The maximum Gasteiger partial charge on any atom is 0.251 e. The summed E-state index contributed by atoms with van der Waals surface area (Å²) < 4.78 is 0. The molecular weight excluding hydrogens is 392 g/mol. The summed E-state index contributed by atoms with van der Waals surface area (Å²) in [6, 6.07) is 15.3. The van der Waals surface area contributed by atoms with E-state index in [0.717, 1.165) is 16.7 Å². The molecule has 0 radical (unpaired) electrons. The molecule has 2 aromatic carbocycles. The maximum atomic E-state index is 12.5. The van der Waals surface area contributed by atoms with Crippen molar-refractivity contribution < 1.29 is 14.4 Å². The molecule has 1 aliphatic rings. The molecule has 2 N–H and O–H groups in total. The molecule has 1 fully saturated rings. The highest BCUT2D eigenvalue weighted by Crippen LogP contribution is 2.09. The molecule has 1 heterocycles. The third-order valence-electron chi connectivity index (χ3n) is 5.59. The summed E-state index contributed by atoms with van der Waals surface area (Å²) in [4.78, 5) is 40.7. The van der Waals surface area contributed by atoms with E-state index in [0.29, 0.717) is 44.8 Å². The molecule has 0 aliphatic carbocycles. The molecular formula is C24H30N4O3.